The second-order valence-electron chi connectivity index (χ2n) is 4.75. The number of H-pyrrole nitrogens is 2. The van der Waals surface area contributed by atoms with Crippen molar-refractivity contribution in [1.29, 1.82) is 0 Å². The van der Waals surface area contributed by atoms with Gasteiger partial charge < -0.3 is 5.10 Å². The van der Waals surface area contributed by atoms with Crippen LogP contribution in [0.25, 0.3) is 0 Å². The lowest BCUT2D eigenvalue weighted by Crippen LogP contribution is -2.32. The molecule has 0 unspecified atom stereocenters. The van der Waals surface area contributed by atoms with Crippen LogP contribution in [-0.2, 0) is 19.5 Å². The van der Waals surface area contributed by atoms with E-state index in [1.54, 1.807) is 12.1 Å². The lowest BCUT2D eigenvalue weighted by molar-refractivity contribution is 0.244. The Balaban J connectivity index is 1.77. The van der Waals surface area contributed by atoms with E-state index in [4.69, 9.17) is 11.6 Å². The lowest BCUT2D eigenvalue weighted by atomic mass is 10.1. The summed E-state index contributed by atoms with van der Waals surface area (Å²) in [6, 6.07) is 4.72. The van der Waals surface area contributed by atoms with Crippen molar-refractivity contribution in [3.8, 4) is 0 Å². The highest BCUT2D eigenvalue weighted by Gasteiger charge is 2.20. The largest absolute Gasteiger partial charge is 0.302 e. The molecule has 1 aliphatic rings. The third-order valence-electron chi connectivity index (χ3n) is 3.42. The van der Waals surface area contributed by atoms with Gasteiger partial charge in [-0.05, 0) is 17.7 Å². The summed E-state index contributed by atoms with van der Waals surface area (Å²) in [5, 5.41) is 5.63. The van der Waals surface area contributed by atoms with Crippen LogP contribution in [0.1, 0.15) is 16.8 Å². The van der Waals surface area contributed by atoms with Gasteiger partial charge in [0.1, 0.15) is 5.82 Å². The van der Waals surface area contributed by atoms with Crippen molar-refractivity contribution in [2.45, 2.75) is 19.5 Å². The second kappa shape index (κ2) is 4.83. The van der Waals surface area contributed by atoms with Gasteiger partial charge in [0.05, 0.1) is 10.6 Å². The van der Waals surface area contributed by atoms with Gasteiger partial charge in [0.15, 0.2) is 0 Å². The molecule has 0 bridgehead atoms. The van der Waals surface area contributed by atoms with Gasteiger partial charge in [-0.1, -0.05) is 17.7 Å². The summed E-state index contributed by atoms with van der Waals surface area (Å²) in [4.78, 5) is 13.7. The van der Waals surface area contributed by atoms with Crippen LogP contribution in [0, 0.1) is 5.82 Å². The summed E-state index contributed by atoms with van der Waals surface area (Å²) in [5.74, 6) is -0.409. The Labute approximate surface area is 114 Å². The molecule has 100 valence electrons. The molecule has 1 aliphatic heterocycles. The highest BCUT2D eigenvalue weighted by molar-refractivity contribution is 6.30. The molecular weight excluding hydrogens is 269 g/mol. The van der Waals surface area contributed by atoms with Crippen molar-refractivity contribution < 1.29 is 4.39 Å². The highest BCUT2D eigenvalue weighted by Crippen LogP contribution is 2.20. The van der Waals surface area contributed by atoms with E-state index in [0.717, 1.165) is 29.8 Å². The van der Waals surface area contributed by atoms with E-state index >= 15 is 0 Å². The molecule has 19 heavy (non-hydrogen) atoms. The van der Waals surface area contributed by atoms with Gasteiger partial charge in [0, 0.05) is 31.7 Å². The average Bonchev–Trinajstić information content (AvgIpc) is 2.76. The zero-order valence-electron chi connectivity index (χ0n) is 10.2. The van der Waals surface area contributed by atoms with E-state index in [1.807, 2.05) is 0 Å². The van der Waals surface area contributed by atoms with E-state index in [-0.39, 0.29) is 10.6 Å². The van der Waals surface area contributed by atoms with E-state index in [9.17, 15) is 9.18 Å². The first-order valence-electron chi connectivity index (χ1n) is 6.08. The van der Waals surface area contributed by atoms with Crippen LogP contribution in [0.4, 0.5) is 4.39 Å². The molecule has 6 heteroatoms. The van der Waals surface area contributed by atoms with Gasteiger partial charge in [-0.2, -0.15) is 0 Å². The predicted molar refractivity (Wildman–Crippen MR) is 70.6 cm³/mol. The molecule has 1 aromatic heterocycles. The molecule has 0 fully saturated rings. The SMILES string of the molecule is O=c1[nH][nH]c2c1CN(Cc1ccc(F)c(Cl)c1)CC2. The number of benzene rings is 1. The molecule has 0 saturated heterocycles. The van der Waals surface area contributed by atoms with Gasteiger partial charge in [0.25, 0.3) is 5.56 Å². The second-order valence-corrected chi connectivity index (χ2v) is 5.15. The van der Waals surface area contributed by atoms with Crippen molar-refractivity contribution in [1.82, 2.24) is 15.1 Å². The molecule has 0 spiro atoms. The first-order chi connectivity index (χ1) is 9.13. The standard InChI is InChI=1S/C13H13ClFN3O/c14-10-5-8(1-2-11(10)15)6-18-4-3-12-9(7-18)13(19)17-16-12/h1-2,5H,3-4,6-7H2,(H2,16,17,19). The zero-order chi connectivity index (χ0) is 13.4. The van der Waals surface area contributed by atoms with Crippen LogP contribution in [-0.4, -0.2) is 21.6 Å². The maximum atomic E-state index is 13.1. The van der Waals surface area contributed by atoms with Gasteiger partial charge in [-0.25, -0.2) is 4.39 Å². The lowest BCUT2D eigenvalue weighted by Gasteiger charge is -2.25. The molecule has 0 amide bonds. The fourth-order valence-electron chi connectivity index (χ4n) is 2.40. The summed E-state index contributed by atoms with van der Waals surface area (Å²) in [6.45, 7) is 2.11. The summed E-state index contributed by atoms with van der Waals surface area (Å²) < 4.78 is 13.1. The quantitative estimate of drug-likeness (QED) is 0.885. The molecule has 1 aromatic carbocycles. The maximum Gasteiger partial charge on any atom is 0.268 e. The number of rotatable bonds is 2. The number of nitrogens with one attached hydrogen (secondary N) is 2. The van der Waals surface area contributed by atoms with Crippen molar-refractivity contribution in [3.05, 3.63) is 56.2 Å². The van der Waals surface area contributed by atoms with Crippen molar-refractivity contribution in [2.24, 2.45) is 0 Å². The molecule has 4 nitrogen and oxygen atoms in total. The minimum Gasteiger partial charge on any atom is -0.302 e. The fourth-order valence-corrected chi connectivity index (χ4v) is 2.61. The van der Waals surface area contributed by atoms with Crippen molar-refractivity contribution >= 4 is 11.6 Å². The molecule has 0 atom stereocenters. The Morgan fingerprint density at radius 1 is 1.37 bits per heavy atom. The molecule has 2 heterocycles. The van der Waals surface area contributed by atoms with Crippen molar-refractivity contribution in [2.75, 3.05) is 6.54 Å². The fraction of sp³-hybridized carbons (Fsp3) is 0.308. The predicted octanol–water partition coefficient (Wildman–Crippen LogP) is 2.05. The molecular formula is C13H13ClFN3O. The van der Waals surface area contributed by atoms with Crippen LogP contribution >= 0.6 is 11.6 Å². The Morgan fingerprint density at radius 3 is 3.00 bits per heavy atom. The first-order valence-corrected chi connectivity index (χ1v) is 6.46. The monoisotopic (exact) mass is 281 g/mol. The molecule has 0 radical (unpaired) electrons. The topological polar surface area (TPSA) is 51.9 Å². The van der Waals surface area contributed by atoms with E-state index in [1.165, 1.54) is 6.07 Å². The summed E-state index contributed by atoms with van der Waals surface area (Å²) in [6.07, 6.45) is 0.809. The Kier molecular flexibility index (Phi) is 3.16. The number of aromatic nitrogens is 2. The van der Waals surface area contributed by atoms with Gasteiger partial charge in [0.2, 0.25) is 0 Å². The summed E-state index contributed by atoms with van der Waals surface area (Å²) in [5.41, 5.74) is 2.66. The highest BCUT2D eigenvalue weighted by atomic mass is 35.5. The van der Waals surface area contributed by atoms with Crippen LogP contribution in [0.5, 0.6) is 0 Å². The van der Waals surface area contributed by atoms with Crippen molar-refractivity contribution in [3.63, 3.8) is 0 Å². The summed E-state index contributed by atoms with van der Waals surface area (Å²) in [7, 11) is 0. The molecule has 2 aromatic rings. The first kappa shape index (κ1) is 12.4. The van der Waals surface area contributed by atoms with Gasteiger partial charge in [-0.15, -0.1) is 0 Å². The van der Waals surface area contributed by atoms with E-state index < -0.39 is 5.82 Å². The zero-order valence-corrected chi connectivity index (χ0v) is 10.9. The Bertz CT molecular complexity index is 664. The maximum absolute atomic E-state index is 13.1. The van der Waals surface area contributed by atoms with Crippen LogP contribution in [0.3, 0.4) is 0 Å². The molecule has 0 aliphatic carbocycles. The third kappa shape index (κ3) is 2.43. The smallest absolute Gasteiger partial charge is 0.268 e. The minimum absolute atomic E-state index is 0.0585. The van der Waals surface area contributed by atoms with Crippen LogP contribution < -0.4 is 5.56 Å². The van der Waals surface area contributed by atoms with Crippen LogP contribution in [0.2, 0.25) is 5.02 Å². The number of halogens is 2. The number of hydrogen-bond acceptors (Lipinski definition) is 2. The van der Waals surface area contributed by atoms with Crippen LogP contribution in [0.15, 0.2) is 23.0 Å². The minimum atomic E-state index is -0.409. The molecule has 2 N–H and O–H groups in total. The van der Waals surface area contributed by atoms with E-state index in [0.29, 0.717) is 13.1 Å². The molecule has 0 saturated carbocycles. The van der Waals surface area contributed by atoms with Gasteiger partial charge >= 0.3 is 0 Å². The summed E-state index contributed by atoms with van der Waals surface area (Å²) >= 11 is 5.77. The Hall–Kier alpha value is -1.59. The number of nitrogens with zero attached hydrogens (tertiary/aromatic N) is 1. The molecule has 3 rings (SSSR count). The van der Waals surface area contributed by atoms with E-state index in [2.05, 4.69) is 15.1 Å². The Morgan fingerprint density at radius 2 is 2.21 bits per heavy atom. The number of aromatic amines is 2. The number of hydrogen-bond donors (Lipinski definition) is 2. The van der Waals surface area contributed by atoms with Gasteiger partial charge in [-0.3, -0.25) is 14.8 Å². The normalized spacial score (nSPS) is 15.5. The average molecular weight is 282 g/mol. The number of fused-ring (bicyclic) bond motifs is 1. The third-order valence-corrected chi connectivity index (χ3v) is 3.70.